The normalized spacial score (nSPS) is 16.2. The van der Waals surface area contributed by atoms with E-state index in [0.29, 0.717) is 0 Å². The van der Waals surface area contributed by atoms with Crippen molar-refractivity contribution in [3.63, 3.8) is 0 Å². The molecule has 1 aliphatic carbocycles. The average molecular weight is 269 g/mol. The highest BCUT2D eigenvalue weighted by Crippen LogP contribution is 2.41. The predicted molar refractivity (Wildman–Crippen MR) is 75.8 cm³/mol. The minimum absolute atomic E-state index is 0.106. The molecule has 0 heterocycles. The van der Waals surface area contributed by atoms with Crippen molar-refractivity contribution in [3.8, 4) is 0 Å². The van der Waals surface area contributed by atoms with Crippen LogP contribution in [0, 0.1) is 5.82 Å². The Balaban J connectivity index is 1.86. The van der Waals surface area contributed by atoms with E-state index in [1.807, 2.05) is 30.3 Å². The minimum Gasteiger partial charge on any atom is -0.342 e. The lowest BCUT2D eigenvalue weighted by Crippen LogP contribution is -2.50. The van der Waals surface area contributed by atoms with Gasteiger partial charge in [-0.05, 0) is 37.0 Å². The molecule has 102 valence electrons. The molecule has 1 saturated carbocycles. The van der Waals surface area contributed by atoms with E-state index < -0.39 is 5.82 Å². The molecule has 0 saturated heterocycles. The first kappa shape index (κ1) is 12.9. The highest BCUT2D eigenvalue weighted by molar-refractivity contribution is 5.95. The number of rotatable bonds is 3. The Hall–Kier alpha value is -2.16. The Morgan fingerprint density at radius 1 is 1.00 bits per heavy atom. The average Bonchev–Trinajstić information content (AvgIpc) is 2.44. The van der Waals surface area contributed by atoms with Crippen LogP contribution in [0.3, 0.4) is 0 Å². The van der Waals surface area contributed by atoms with Crippen LogP contribution in [0.15, 0.2) is 54.6 Å². The van der Waals surface area contributed by atoms with Crippen molar-refractivity contribution in [2.24, 2.45) is 0 Å². The Kier molecular flexibility index (Phi) is 3.26. The highest BCUT2D eigenvalue weighted by atomic mass is 19.1. The summed E-state index contributed by atoms with van der Waals surface area (Å²) in [6.45, 7) is 0. The second kappa shape index (κ2) is 5.08. The maximum Gasteiger partial charge on any atom is 0.254 e. The van der Waals surface area contributed by atoms with Crippen LogP contribution in [-0.4, -0.2) is 5.91 Å². The molecule has 2 nitrogen and oxygen atoms in total. The van der Waals surface area contributed by atoms with Crippen LogP contribution >= 0.6 is 0 Å². The summed E-state index contributed by atoms with van der Waals surface area (Å²) in [6.07, 6.45) is 2.88. The number of hydrogen-bond acceptors (Lipinski definition) is 1. The van der Waals surface area contributed by atoms with E-state index in [4.69, 9.17) is 0 Å². The lowest BCUT2D eigenvalue weighted by atomic mass is 9.71. The molecule has 0 aliphatic heterocycles. The van der Waals surface area contributed by atoms with Crippen LogP contribution in [0.4, 0.5) is 4.39 Å². The van der Waals surface area contributed by atoms with Crippen LogP contribution < -0.4 is 5.32 Å². The van der Waals surface area contributed by atoms with E-state index in [1.54, 1.807) is 12.1 Å². The molecule has 1 fully saturated rings. The molecular weight excluding hydrogens is 253 g/mol. The standard InChI is InChI=1S/C17H16FNO/c18-15-10-5-4-9-14(15)16(20)19-17(11-6-12-17)13-7-2-1-3-8-13/h1-5,7-10H,6,11-12H2,(H,19,20). The van der Waals surface area contributed by atoms with E-state index in [-0.39, 0.29) is 17.0 Å². The van der Waals surface area contributed by atoms with Crippen molar-refractivity contribution in [2.45, 2.75) is 24.8 Å². The molecule has 0 spiro atoms. The Morgan fingerprint density at radius 3 is 2.25 bits per heavy atom. The SMILES string of the molecule is O=C(NC1(c2ccccc2)CCC1)c1ccccc1F. The van der Waals surface area contributed by atoms with Gasteiger partial charge >= 0.3 is 0 Å². The molecule has 0 aromatic heterocycles. The molecule has 0 atom stereocenters. The van der Waals surface area contributed by atoms with E-state index in [1.165, 1.54) is 12.1 Å². The zero-order valence-corrected chi connectivity index (χ0v) is 11.1. The molecular formula is C17H16FNO. The molecule has 3 heteroatoms. The summed E-state index contributed by atoms with van der Waals surface area (Å²) in [7, 11) is 0. The summed E-state index contributed by atoms with van der Waals surface area (Å²) in [5, 5.41) is 3.02. The summed E-state index contributed by atoms with van der Waals surface area (Å²) < 4.78 is 13.7. The minimum atomic E-state index is -0.479. The number of hydrogen-bond donors (Lipinski definition) is 1. The largest absolute Gasteiger partial charge is 0.342 e. The van der Waals surface area contributed by atoms with Gasteiger partial charge in [0.05, 0.1) is 11.1 Å². The zero-order valence-electron chi connectivity index (χ0n) is 11.1. The van der Waals surface area contributed by atoms with Gasteiger partial charge in [0.2, 0.25) is 0 Å². The van der Waals surface area contributed by atoms with E-state index >= 15 is 0 Å². The fourth-order valence-electron chi connectivity index (χ4n) is 2.70. The molecule has 20 heavy (non-hydrogen) atoms. The maximum absolute atomic E-state index is 13.7. The van der Waals surface area contributed by atoms with E-state index in [9.17, 15) is 9.18 Å². The first-order valence-corrected chi connectivity index (χ1v) is 6.84. The van der Waals surface area contributed by atoms with Crippen LogP contribution in [0.1, 0.15) is 35.2 Å². The van der Waals surface area contributed by atoms with Gasteiger partial charge in [0, 0.05) is 0 Å². The van der Waals surface area contributed by atoms with Crippen molar-refractivity contribution in [3.05, 3.63) is 71.5 Å². The lowest BCUT2D eigenvalue weighted by molar-refractivity contribution is 0.0819. The predicted octanol–water partition coefficient (Wildman–Crippen LogP) is 3.63. The topological polar surface area (TPSA) is 29.1 Å². The summed E-state index contributed by atoms with van der Waals surface area (Å²) in [6, 6.07) is 16.0. The summed E-state index contributed by atoms with van der Waals surface area (Å²) >= 11 is 0. The van der Waals surface area contributed by atoms with Gasteiger partial charge in [-0.2, -0.15) is 0 Å². The number of nitrogens with one attached hydrogen (secondary N) is 1. The Labute approximate surface area is 117 Å². The first-order chi connectivity index (χ1) is 9.71. The summed E-state index contributed by atoms with van der Waals surface area (Å²) in [4.78, 5) is 12.3. The van der Waals surface area contributed by atoms with Gasteiger partial charge in [0.25, 0.3) is 5.91 Å². The van der Waals surface area contributed by atoms with Crippen molar-refractivity contribution in [1.82, 2.24) is 5.32 Å². The quantitative estimate of drug-likeness (QED) is 0.905. The Bertz CT molecular complexity index is 620. The van der Waals surface area contributed by atoms with E-state index in [2.05, 4.69) is 5.32 Å². The third-order valence-electron chi connectivity index (χ3n) is 4.00. The number of carbonyl (C=O) groups is 1. The fourth-order valence-corrected chi connectivity index (χ4v) is 2.70. The van der Waals surface area contributed by atoms with Crippen LogP contribution in [0.5, 0.6) is 0 Å². The van der Waals surface area contributed by atoms with Gasteiger partial charge < -0.3 is 5.32 Å². The lowest BCUT2D eigenvalue weighted by Gasteiger charge is -2.43. The fraction of sp³-hybridized carbons (Fsp3) is 0.235. The maximum atomic E-state index is 13.7. The molecule has 0 radical (unpaired) electrons. The van der Waals surface area contributed by atoms with Gasteiger partial charge in [-0.15, -0.1) is 0 Å². The third-order valence-corrected chi connectivity index (χ3v) is 4.00. The number of carbonyl (C=O) groups excluding carboxylic acids is 1. The monoisotopic (exact) mass is 269 g/mol. The summed E-state index contributed by atoms with van der Waals surface area (Å²) in [5.41, 5.74) is 0.867. The summed E-state index contributed by atoms with van der Waals surface area (Å²) in [5.74, 6) is -0.820. The zero-order chi connectivity index (χ0) is 14.0. The van der Waals surface area contributed by atoms with Crippen LogP contribution in [0.2, 0.25) is 0 Å². The van der Waals surface area contributed by atoms with E-state index in [0.717, 1.165) is 24.8 Å². The van der Waals surface area contributed by atoms with Gasteiger partial charge in [-0.25, -0.2) is 4.39 Å². The van der Waals surface area contributed by atoms with Crippen molar-refractivity contribution in [1.29, 1.82) is 0 Å². The van der Waals surface area contributed by atoms with Gasteiger partial charge in [0.15, 0.2) is 0 Å². The van der Waals surface area contributed by atoms with Crippen molar-refractivity contribution < 1.29 is 9.18 Å². The second-order valence-corrected chi connectivity index (χ2v) is 5.24. The molecule has 1 aliphatic rings. The van der Waals surface area contributed by atoms with Crippen molar-refractivity contribution >= 4 is 5.91 Å². The highest BCUT2D eigenvalue weighted by Gasteiger charge is 2.40. The molecule has 1 N–H and O–H groups in total. The molecule has 2 aromatic carbocycles. The van der Waals surface area contributed by atoms with Crippen LogP contribution in [0.25, 0.3) is 0 Å². The molecule has 1 amide bonds. The smallest absolute Gasteiger partial charge is 0.254 e. The van der Waals surface area contributed by atoms with Gasteiger partial charge in [-0.1, -0.05) is 42.5 Å². The second-order valence-electron chi connectivity index (χ2n) is 5.24. The molecule has 2 aromatic rings. The molecule has 0 unspecified atom stereocenters. The van der Waals surface area contributed by atoms with Gasteiger partial charge in [0.1, 0.15) is 5.82 Å². The number of halogens is 1. The number of amides is 1. The molecule has 0 bridgehead atoms. The number of benzene rings is 2. The first-order valence-electron chi connectivity index (χ1n) is 6.84. The molecule has 3 rings (SSSR count). The van der Waals surface area contributed by atoms with Gasteiger partial charge in [-0.3, -0.25) is 4.79 Å². The Morgan fingerprint density at radius 2 is 1.65 bits per heavy atom. The van der Waals surface area contributed by atoms with Crippen LogP contribution in [-0.2, 0) is 5.54 Å². The van der Waals surface area contributed by atoms with Crippen molar-refractivity contribution in [2.75, 3.05) is 0 Å². The third kappa shape index (κ3) is 2.20.